The molecule has 1 aromatic heterocycles. The molecule has 21 heavy (non-hydrogen) atoms. The summed E-state index contributed by atoms with van der Waals surface area (Å²) >= 11 is 3.46. The van der Waals surface area contributed by atoms with Crippen LogP contribution in [0.2, 0.25) is 0 Å². The van der Waals surface area contributed by atoms with Crippen molar-refractivity contribution in [3.8, 4) is 0 Å². The van der Waals surface area contributed by atoms with Gasteiger partial charge in [0.05, 0.1) is 0 Å². The lowest BCUT2D eigenvalue weighted by atomic mass is 10.1. The van der Waals surface area contributed by atoms with E-state index in [0.717, 1.165) is 35.3 Å². The lowest BCUT2D eigenvalue weighted by molar-refractivity contribution is 0.544. The van der Waals surface area contributed by atoms with Crippen LogP contribution in [0.15, 0.2) is 57.4 Å². The van der Waals surface area contributed by atoms with Crippen LogP contribution >= 0.6 is 15.9 Å². The number of hydrogen-bond acceptors (Lipinski definition) is 2. The molecule has 0 bridgehead atoms. The number of benzene rings is 2. The number of furan rings is 1. The third-order valence-corrected chi connectivity index (χ3v) is 4.18. The van der Waals surface area contributed by atoms with Crippen molar-refractivity contribution in [3.05, 3.63) is 69.9 Å². The van der Waals surface area contributed by atoms with Gasteiger partial charge in [0.1, 0.15) is 11.3 Å². The maximum atomic E-state index is 5.92. The third kappa shape index (κ3) is 3.20. The van der Waals surface area contributed by atoms with Gasteiger partial charge < -0.3 is 9.73 Å². The molecule has 0 unspecified atom stereocenters. The second kappa shape index (κ2) is 6.46. The van der Waals surface area contributed by atoms with E-state index in [-0.39, 0.29) is 0 Å². The van der Waals surface area contributed by atoms with Gasteiger partial charge in [0.25, 0.3) is 0 Å². The molecule has 1 N–H and O–H groups in total. The Morgan fingerprint density at radius 2 is 1.76 bits per heavy atom. The quantitative estimate of drug-likeness (QED) is 0.701. The number of para-hydroxylation sites is 1. The molecule has 1 heterocycles. The molecule has 0 spiro atoms. The fourth-order valence-corrected chi connectivity index (χ4v) is 2.83. The van der Waals surface area contributed by atoms with Crippen LogP contribution in [0.1, 0.15) is 23.8 Å². The molecular weight excluding hydrogens is 326 g/mol. The number of aryl methyl sites for hydroxylation is 1. The second-order valence-electron chi connectivity index (χ2n) is 5.08. The molecule has 2 aromatic carbocycles. The monoisotopic (exact) mass is 343 g/mol. The first-order chi connectivity index (χ1) is 10.3. The number of rotatable bonds is 5. The van der Waals surface area contributed by atoms with Crippen molar-refractivity contribution in [2.75, 3.05) is 0 Å². The molecule has 2 nitrogen and oxygen atoms in total. The molecular formula is C18H18BrNO. The zero-order chi connectivity index (χ0) is 14.7. The molecule has 0 amide bonds. The van der Waals surface area contributed by atoms with Gasteiger partial charge in [-0.1, -0.05) is 53.2 Å². The summed E-state index contributed by atoms with van der Waals surface area (Å²) < 4.78 is 7.03. The summed E-state index contributed by atoms with van der Waals surface area (Å²) in [6, 6.07) is 16.7. The van der Waals surface area contributed by atoms with Crippen LogP contribution in [0.4, 0.5) is 0 Å². The summed E-state index contributed by atoms with van der Waals surface area (Å²) in [6.07, 6.45) is 0.921. The van der Waals surface area contributed by atoms with E-state index in [2.05, 4.69) is 64.6 Å². The Labute approximate surface area is 133 Å². The topological polar surface area (TPSA) is 25.2 Å². The van der Waals surface area contributed by atoms with Gasteiger partial charge in [-0.25, -0.2) is 0 Å². The predicted molar refractivity (Wildman–Crippen MR) is 90.3 cm³/mol. The Bertz CT molecular complexity index is 731. The minimum absolute atomic E-state index is 0.830. The molecule has 108 valence electrons. The Morgan fingerprint density at radius 1 is 1.00 bits per heavy atom. The maximum Gasteiger partial charge on any atom is 0.134 e. The molecule has 3 aromatic rings. The van der Waals surface area contributed by atoms with Crippen LogP contribution in [-0.2, 0) is 19.5 Å². The molecule has 0 atom stereocenters. The number of halogens is 1. The zero-order valence-electron chi connectivity index (χ0n) is 12.0. The lowest BCUT2D eigenvalue weighted by Gasteiger charge is -2.06. The highest BCUT2D eigenvalue weighted by atomic mass is 79.9. The summed E-state index contributed by atoms with van der Waals surface area (Å²) in [5.41, 5.74) is 3.55. The van der Waals surface area contributed by atoms with Gasteiger partial charge in [-0.2, -0.15) is 0 Å². The molecule has 0 fully saturated rings. The van der Waals surface area contributed by atoms with E-state index in [1.165, 1.54) is 16.5 Å². The molecule has 0 aliphatic rings. The lowest BCUT2D eigenvalue weighted by Crippen LogP contribution is -2.13. The number of hydrogen-bond donors (Lipinski definition) is 1. The van der Waals surface area contributed by atoms with Gasteiger partial charge in [0.15, 0.2) is 0 Å². The third-order valence-electron chi connectivity index (χ3n) is 3.65. The van der Waals surface area contributed by atoms with Crippen molar-refractivity contribution in [1.82, 2.24) is 5.32 Å². The summed E-state index contributed by atoms with van der Waals surface area (Å²) in [4.78, 5) is 0. The smallest absolute Gasteiger partial charge is 0.134 e. The highest BCUT2D eigenvalue weighted by Gasteiger charge is 2.11. The first-order valence-corrected chi connectivity index (χ1v) is 8.01. The highest BCUT2D eigenvalue weighted by Crippen LogP contribution is 2.26. The number of nitrogens with one attached hydrogen (secondary N) is 1. The van der Waals surface area contributed by atoms with E-state index in [1.807, 2.05) is 12.1 Å². The van der Waals surface area contributed by atoms with Gasteiger partial charge in [-0.3, -0.25) is 0 Å². The SMILES string of the molecule is CCc1oc2ccccc2c1CNCc1ccc(Br)cc1. The van der Waals surface area contributed by atoms with E-state index in [1.54, 1.807) is 0 Å². The van der Waals surface area contributed by atoms with E-state index in [0.29, 0.717) is 0 Å². The fraction of sp³-hybridized carbons (Fsp3) is 0.222. The van der Waals surface area contributed by atoms with Crippen molar-refractivity contribution < 1.29 is 4.42 Å². The Kier molecular flexibility index (Phi) is 4.42. The molecule has 0 aliphatic heterocycles. The van der Waals surface area contributed by atoms with E-state index < -0.39 is 0 Å². The maximum absolute atomic E-state index is 5.92. The Hall–Kier alpha value is -1.58. The first-order valence-electron chi connectivity index (χ1n) is 7.22. The molecule has 0 radical (unpaired) electrons. The second-order valence-corrected chi connectivity index (χ2v) is 6.00. The van der Waals surface area contributed by atoms with Crippen molar-refractivity contribution in [1.29, 1.82) is 0 Å². The average molecular weight is 344 g/mol. The van der Waals surface area contributed by atoms with Crippen LogP contribution in [0.25, 0.3) is 11.0 Å². The van der Waals surface area contributed by atoms with Gasteiger partial charge in [0, 0.05) is 34.9 Å². The largest absolute Gasteiger partial charge is 0.461 e. The van der Waals surface area contributed by atoms with Crippen molar-refractivity contribution in [3.63, 3.8) is 0 Å². The van der Waals surface area contributed by atoms with Crippen molar-refractivity contribution in [2.45, 2.75) is 26.4 Å². The van der Waals surface area contributed by atoms with Crippen molar-refractivity contribution >= 4 is 26.9 Å². The van der Waals surface area contributed by atoms with Crippen molar-refractivity contribution in [2.24, 2.45) is 0 Å². The molecule has 3 heteroatoms. The van der Waals surface area contributed by atoms with E-state index >= 15 is 0 Å². The van der Waals surface area contributed by atoms with E-state index in [9.17, 15) is 0 Å². The normalized spacial score (nSPS) is 11.1. The summed E-state index contributed by atoms with van der Waals surface area (Å²) in [6.45, 7) is 3.82. The van der Waals surface area contributed by atoms with Gasteiger partial charge >= 0.3 is 0 Å². The molecule has 3 rings (SSSR count). The molecule has 0 saturated heterocycles. The fourth-order valence-electron chi connectivity index (χ4n) is 2.56. The first kappa shape index (κ1) is 14.4. The van der Waals surface area contributed by atoms with E-state index in [4.69, 9.17) is 4.42 Å². The Morgan fingerprint density at radius 3 is 2.52 bits per heavy atom. The van der Waals surface area contributed by atoms with Gasteiger partial charge in [-0.05, 0) is 23.8 Å². The summed E-state index contributed by atoms with van der Waals surface area (Å²) in [7, 11) is 0. The minimum atomic E-state index is 0.830. The Balaban J connectivity index is 1.74. The van der Waals surface area contributed by atoms with Crippen LogP contribution < -0.4 is 5.32 Å². The zero-order valence-corrected chi connectivity index (χ0v) is 13.6. The molecule has 0 aliphatic carbocycles. The van der Waals surface area contributed by atoms with Crippen LogP contribution in [-0.4, -0.2) is 0 Å². The standard InChI is InChI=1S/C18H18BrNO/c1-2-17-16(15-5-3-4-6-18(15)21-17)12-20-11-13-7-9-14(19)10-8-13/h3-10,20H,2,11-12H2,1H3. The van der Waals surface area contributed by atoms with Crippen LogP contribution in [0.5, 0.6) is 0 Å². The summed E-state index contributed by atoms with van der Waals surface area (Å²) in [5, 5.41) is 4.74. The van der Waals surface area contributed by atoms with Gasteiger partial charge in [-0.15, -0.1) is 0 Å². The predicted octanol–water partition coefficient (Wildman–Crippen LogP) is 5.05. The van der Waals surface area contributed by atoms with Crippen LogP contribution in [0, 0.1) is 0 Å². The molecule has 0 saturated carbocycles. The van der Waals surface area contributed by atoms with Gasteiger partial charge in [0.2, 0.25) is 0 Å². The number of fused-ring (bicyclic) bond motifs is 1. The summed E-state index contributed by atoms with van der Waals surface area (Å²) in [5.74, 6) is 1.08. The average Bonchev–Trinajstić information content (AvgIpc) is 2.87. The highest BCUT2D eigenvalue weighted by molar-refractivity contribution is 9.10. The van der Waals surface area contributed by atoms with Crippen LogP contribution in [0.3, 0.4) is 0 Å². The minimum Gasteiger partial charge on any atom is -0.461 e.